The van der Waals surface area contributed by atoms with Crippen molar-refractivity contribution >= 4 is 0 Å². The molecular formula is C16H23N3O. The lowest BCUT2D eigenvalue weighted by Crippen LogP contribution is -2.22. The van der Waals surface area contributed by atoms with Gasteiger partial charge in [0, 0.05) is 23.9 Å². The van der Waals surface area contributed by atoms with Gasteiger partial charge in [-0.15, -0.1) is 0 Å². The SMILES string of the molecule is CCNC(c1cnn(CC)c1)c1cc(C)ccc1OC. The summed E-state index contributed by atoms with van der Waals surface area (Å²) in [5, 5.41) is 7.90. The number of nitrogens with zero attached hydrogens (tertiary/aromatic N) is 2. The Bertz CT molecular complexity index is 563. The van der Waals surface area contributed by atoms with Gasteiger partial charge in [0.15, 0.2) is 0 Å². The summed E-state index contributed by atoms with van der Waals surface area (Å²) in [4.78, 5) is 0. The number of aryl methyl sites for hydroxylation is 2. The average Bonchev–Trinajstić information content (AvgIpc) is 2.93. The fourth-order valence-electron chi connectivity index (χ4n) is 2.39. The predicted octanol–water partition coefficient (Wildman–Crippen LogP) is 2.92. The van der Waals surface area contributed by atoms with Crippen LogP contribution in [0.1, 0.15) is 36.6 Å². The maximum absolute atomic E-state index is 5.52. The smallest absolute Gasteiger partial charge is 0.124 e. The first-order valence-corrected chi connectivity index (χ1v) is 7.09. The Kier molecular flexibility index (Phi) is 4.79. The number of aromatic nitrogens is 2. The Morgan fingerprint density at radius 3 is 2.75 bits per heavy atom. The minimum atomic E-state index is 0.107. The molecule has 0 aliphatic rings. The molecule has 1 atom stereocenters. The summed E-state index contributed by atoms with van der Waals surface area (Å²) in [6, 6.07) is 6.38. The first kappa shape index (κ1) is 14.6. The molecule has 0 fully saturated rings. The number of rotatable bonds is 6. The first-order valence-electron chi connectivity index (χ1n) is 7.09. The molecule has 1 N–H and O–H groups in total. The van der Waals surface area contributed by atoms with Crippen molar-refractivity contribution in [2.45, 2.75) is 33.4 Å². The van der Waals surface area contributed by atoms with Gasteiger partial charge in [0.05, 0.1) is 19.3 Å². The first-order chi connectivity index (χ1) is 9.69. The van der Waals surface area contributed by atoms with Crippen molar-refractivity contribution in [3.8, 4) is 5.75 Å². The van der Waals surface area contributed by atoms with Crippen LogP contribution in [0.25, 0.3) is 0 Å². The van der Waals surface area contributed by atoms with E-state index in [1.165, 1.54) is 5.56 Å². The zero-order valence-corrected chi connectivity index (χ0v) is 12.7. The van der Waals surface area contributed by atoms with Crippen LogP contribution in [0.3, 0.4) is 0 Å². The van der Waals surface area contributed by atoms with E-state index in [1.54, 1.807) is 7.11 Å². The maximum Gasteiger partial charge on any atom is 0.124 e. The Morgan fingerprint density at radius 2 is 2.15 bits per heavy atom. The van der Waals surface area contributed by atoms with Gasteiger partial charge in [-0.3, -0.25) is 4.68 Å². The van der Waals surface area contributed by atoms with Crippen LogP contribution < -0.4 is 10.1 Å². The van der Waals surface area contributed by atoms with Gasteiger partial charge in [-0.25, -0.2) is 0 Å². The summed E-state index contributed by atoms with van der Waals surface area (Å²) in [6.45, 7) is 8.07. The van der Waals surface area contributed by atoms with Crippen LogP contribution in [0, 0.1) is 6.92 Å². The second-order valence-corrected chi connectivity index (χ2v) is 4.87. The molecule has 4 heteroatoms. The quantitative estimate of drug-likeness (QED) is 0.879. The van der Waals surface area contributed by atoms with E-state index in [0.29, 0.717) is 0 Å². The molecule has 1 aromatic heterocycles. The van der Waals surface area contributed by atoms with Gasteiger partial charge < -0.3 is 10.1 Å². The summed E-state index contributed by atoms with van der Waals surface area (Å²) >= 11 is 0. The van der Waals surface area contributed by atoms with Gasteiger partial charge >= 0.3 is 0 Å². The van der Waals surface area contributed by atoms with Gasteiger partial charge in [-0.1, -0.05) is 24.6 Å². The molecule has 1 unspecified atom stereocenters. The molecule has 0 aliphatic heterocycles. The van der Waals surface area contributed by atoms with E-state index in [2.05, 4.69) is 49.5 Å². The van der Waals surface area contributed by atoms with Crippen molar-refractivity contribution in [1.29, 1.82) is 0 Å². The molecule has 0 aliphatic carbocycles. The number of benzene rings is 1. The van der Waals surface area contributed by atoms with Crippen LogP contribution in [0.15, 0.2) is 30.6 Å². The summed E-state index contributed by atoms with van der Waals surface area (Å²) in [5.41, 5.74) is 3.55. The molecule has 0 amide bonds. The largest absolute Gasteiger partial charge is 0.496 e. The normalized spacial score (nSPS) is 12.4. The fraction of sp³-hybridized carbons (Fsp3) is 0.438. The Hall–Kier alpha value is -1.81. The summed E-state index contributed by atoms with van der Waals surface area (Å²) in [6.07, 6.45) is 4.02. The second-order valence-electron chi connectivity index (χ2n) is 4.87. The third-order valence-corrected chi connectivity index (χ3v) is 3.42. The van der Waals surface area contributed by atoms with Crippen molar-refractivity contribution in [2.24, 2.45) is 0 Å². The van der Waals surface area contributed by atoms with E-state index in [0.717, 1.165) is 30.0 Å². The highest BCUT2D eigenvalue weighted by atomic mass is 16.5. The van der Waals surface area contributed by atoms with Gasteiger partial charge in [-0.2, -0.15) is 5.10 Å². The summed E-state index contributed by atoms with van der Waals surface area (Å²) in [7, 11) is 1.71. The molecule has 4 nitrogen and oxygen atoms in total. The monoisotopic (exact) mass is 273 g/mol. The lowest BCUT2D eigenvalue weighted by atomic mass is 9.98. The van der Waals surface area contributed by atoms with Gasteiger partial charge in [0.2, 0.25) is 0 Å². The van der Waals surface area contributed by atoms with Crippen molar-refractivity contribution < 1.29 is 4.74 Å². The van der Waals surface area contributed by atoms with Crippen molar-refractivity contribution in [3.05, 3.63) is 47.3 Å². The Morgan fingerprint density at radius 1 is 1.35 bits per heavy atom. The number of nitrogens with one attached hydrogen (secondary N) is 1. The summed E-state index contributed by atoms with van der Waals surface area (Å²) in [5.74, 6) is 0.908. The molecule has 2 rings (SSSR count). The van der Waals surface area contributed by atoms with Crippen LogP contribution in [-0.4, -0.2) is 23.4 Å². The zero-order valence-electron chi connectivity index (χ0n) is 12.7. The molecule has 1 aromatic carbocycles. The zero-order chi connectivity index (χ0) is 14.5. The van der Waals surface area contributed by atoms with E-state index < -0.39 is 0 Å². The molecule has 1 heterocycles. The minimum absolute atomic E-state index is 0.107. The van der Waals surface area contributed by atoms with Crippen molar-refractivity contribution in [2.75, 3.05) is 13.7 Å². The van der Waals surface area contributed by atoms with E-state index >= 15 is 0 Å². The highest BCUT2D eigenvalue weighted by molar-refractivity contribution is 5.43. The van der Waals surface area contributed by atoms with Gasteiger partial charge in [0.1, 0.15) is 5.75 Å². The van der Waals surface area contributed by atoms with E-state index in [4.69, 9.17) is 4.74 Å². The molecule has 20 heavy (non-hydrogen) atoms. The predicted molar refractivity (Wildman–Crippen MR) is 81.2 cm³/mol. The van der Waals surface area contributed by atoms with Crippen LogP contribution in [0.4, 0.5) is 0 Å². The highest BCUT2D eigenvalue weighted by Crippen LogP contribution is 2.30. The van der Waals surface area contributed by atoms with Crippen molar-refractivity contribution in [3.63, 3.8) is 0 Å². The molecular weight excluding hydrogens is 250 g/mol. The molecule has 0 radical (unpaired) electrons. The third kappa shape index (κ3) is 3.02. The van der Waals surface area contributed by atoms with Gasteiger partial charge in [-0.05, 0) is 26.5 Å². The van der Waals surface area contributed by atoms with Crippen LogP contribution in [-0.2, 0) is 6.54 Å². The summed E-state index contributed by atoms with van der Waals surface area (Å²) < 4.78 is 7.46. The molecule has 2 aromatic rings. The number of methoxy groups -OCH3 is 1. The molecule has 0 saturated carbocycles. The van der Waals surface area contributed by atoms with Crippen molar-refractivity contribution in [1.82, 2.24) is 15.1 Å². The number of hydrogen-bond donors (Lipinski definition) is 1. The standard InChI is InChI=1S/C16H23N3O/c1-5-17-16(13-10-18-19(6-2)11-13)14-9-12(3)7-8-15(14)20-4/h7-11,16-17H,5-6H2,1-4H3. The highest BCUT2D eigenvalue weighted by Gasteiger charge is 2.19. The lowest BCUT2D eigenvalue weighted by molar-refractivity contribution is 0.404. The Balaban J connectivity index is 2.44. The van der Waals surface area contributed by atoms with Crippen LogP contribution in [0.2, 0.25) is 0 Å². The molecule has 108 valence electrons. The molecule has 0 spiro atoms. The lowest BCUT2D eigenvalue weighted by Gasteiger charge is -2.20. The minimum Gasteiger partial charge on any atom is -0.496 e. The third-order valence-electron chi connectivity index (χ3n) is 3.42. The van der Waals surface area contributed by atoms with Gasteiger partial charge in [0.25, 0.3) is 0 Å². The number of hydrogen-bond acceptors (Lipinski definition) is 3. The van der Waals surface area contributed by atoms with E-state index in [-0.39, 0.29) is 6.04 Å². The van der Waals surface area contributed by atoms with Crippen LogP contribution >= 0.6 is 0 Å². The van der Waals surface area contributed by atoms with E-state index in [9.17, 15) is 0 Å². The molecule has 0 saturated heterocycles. The fourth-order valence-corrected chi connectivity index (χ4v) is 2.39. The number of ether oxygens (including phenoxy) is 1. The molecule has 0 bridgehead atoms. The maximum atomic E-state index is 5.52. The Labute approximate surface area is 120 Å². The topological polar surface area (TPSA) is 39.1 Å². The average molecular weight is 273 g/mol. The second kappa shape index (κ2) is 6.57. The van der Waals surface area contributed by atoms with Crippen LogP contribution in [0.5, 0.6) is 5.75 Å². The van der Waals surface area contributed by atoms with E-state index in [1.807, 2.05) is 16.9 Å².